The number of hydrogen-bond donors (Lipinski definition) is 2. The Morgan fingerprint density at radius 2 is 1.75 bits per heavy atom. The Morgan fingerprint density at radius 3 is 2.00 bits per heavy atom. The Kier molecular flexibility index (Phi) is 3.03. The van der Waals surface area contributed by atoms with E-state index in [9.17, 15) is 9.59 Å². The van der Waals surface area contributed by atoms with Crippen LogP contribution in [-0.4, -0.2) is 22.7 Å². The van der Waals surface area contributed by atoms with Crippen LogP contribution in [-0.2, 0) is 4.74 Å². The summed E-state index contributed by atoms with van der Waals surface area (Å²) in [5, 5.41) is 0.214. The molecule has 0 aliphatic heterocycles. The van der Waals surface area contributed by atoms with E-state index in [-0.39, 0.29) is 5.01 Å². The van der Waals surface area contributed by atoms with Gasteiger partial charge in [0.2, 0.25) is 0 Å². The van der Waals surface area contributed by atoms with Crippen molar-refractivity contribution in [3.63, 3.8) is 0 Å². The van der Waals surface area contributed by atoms with E-state index in [1.165, 1.54) is 0 Å². The highest BCUT2D eigenvalue weighted by molar-refractivity contribution is 5.89. The van der Waals surface area contributed by atoms with Crippen LogP contribution in [0.25, 0.3) is 0 Å². The highest BCUT2D eigenvalue weighted by Crippen LogP contribution is 2.07. The third kappa shape index (κ3) is 3.77. The summed E-state index contributed by atoms with van der Waals surface area (Å²) in [7, 11) is 0. The van der Waals surface area contributed by atoms with Crippen molar-refractivity contribution in [1.29, 1.82) is 0 Å². The van der Waals surface area contributed by atoms with Crippen molar-refractivity contribution in [2.24, 2.45) is 11.6 Å². The summed E-state index contributed by atoms with van der Waals surface area (Å²) in [6, 6.07) is -1.05. The van der Waals surface area contributed by atoms with E-state index in [1.807, 2.05) is 0 Å². The van der Waals surface area contributed by atoms with Gasteiger partial charge in [-0.2, -0.15) is 5.01 Å². The predicted octanol–water partition coefficient (Wildman–Crippen LogP) is 0.176. The molecule has 0 rings (SSSR count). The molecule has 0 bridgehead atoms. The normalized spacial score (nSPS) is 10.7. The maximum atomic E-state index is 10.9. The first-order valence-corrected chi connectivity index (χ1v) is 3.31. The van der Waals surface area contributed by atoms with Crippen molar-refractivity contribution in [2.75, 3.05) is 0 Å². The maximum absolute atomic E-state index is 10.9. The van der Waals surface area contributed by atoms with Crippen LogP contribution in [0, 0.1) is 0 Å². The lowest BCUT2D eigenvalue weighted by atomic mass is 10.2. The van der Waals surface area contributed by atoms with Gasteiger partial charge in [-0.15, -0.1) is 0 Å². The zero-order chi connectivity index (χ0) is 9.94. The van der Waals surface area contributed by atoms with Crippen LogP contribution in [0.3, 0.4) is 0 Å². The molecule has 0 saturated carbocycles. The van der Waals surface area contributed by atoms with Gasteiger partial charge in [-0.25, -0.2) is 15.4 Å². The lowest BCUT2D eigenvalue weighted by molar-refractivity contribution is 0.0327. The fraction of sp³-hybridized carbons (Fsp3) is 0.667. The summed E-state index contributed by atoms with van der Waals surface area (Å²) in [4.78, 5) is 21.2. The van der Waals surface area contributed by atoms with Crippen molar-refractivity contribution in [3.05, 3.63) is 0 Å². The zero-order valence-electron chi connectivity index (χ0n) is 7.33. The molecule has 6 nitrogen and oxygen atoms in total. The topological polar surface area (TPSA) is 98.7 Å². The Labute approximate surface area is 70.4 Å². The molecule has 4 N–H and O–H groups in total. The smallest absolute Gasteiger partial charge is 0.433 e. The van der Waals surface area contributed by atoms with E-state index >= 15 is 0 Å². The van der Waals surface area contributed by atoms with Crippen LogP contribution in [0.1, 0.15) is 20.8 Å². The predicted molar refractivity (Wildman–Crippen MR) is 41.8 cm³/mol. The number of nitrogens with zero attached hydrogens (tertiary/aromatic N) is 1. The van der Waals surface area contributed by atoms with Gasteiger partial charge in [0, 0.05) is 0 Å². The highest BCUT2D eigenvalue weighted by Gasteiger charge is 2.22. The molecule has 0 unspecified atom stereocenters. The van der Waals surface area contributed by atoms with Gasteiger partial charge in [-0.3, -0.25) is 0 Å². The summed E-state index contributed by atoms with van der Waals surface area (Å²) >= 11 is 0. The number of amides is 3. The average Bonchev–Trinajstić information content (AvgIpc) is 1.82. The Hall–Kier alpha value is -1.30. The van der Waals surface area contributed by atoms with Crippen LogP contribution in [0.2, 0.25) is 0 Å². The van der Waals surface area contributed by atoms with E-state index in [4.69, 9.17) is 16.3 Å². The van der Waals surface area contributed by atoms with Gasteiger partial charge in [0.05, 0.1) is 0 Å². The first-order valence-electron chi connectivity index (χ1n) is 3.31. The third-order valence-electron chi connectivity index (χ3n) is 0.828. The molecule has 0 spiro atoms. The van der Waals surface area contributed by atoms with Gasteiger partial charge < -0.3 is 10.5 Å². The Balaban J connectivity index is 4.15. The number of rotatable bonds is 0. The summed E-state index contributed by atoms with van der Waals surface area (Å²) in [6.45, 7) is 4.96. The number of imide groups is 1. The molecule has 0 atom stereocenters. The van der Waals surface area contributed by atoms with Crippen LogP contribution in [0.4, 0.5) is 9.59 Å². The van der Waals surface area contributed by atoms with Crippen LogP contribution >= 0.6 is 0 Å². The maximum Gasteiger partial charge on any atom is 0.433 e. The molecule has 0 radical (unpaired) electrons. The fourth-order valence-corrected chi connectivity index (χ4v) is 0.401. The number of nitrogens with two attached hydrogens (primary N) is 2. The van der Waals surface area contributed by atoms with Crippen molar-refractivity contribution in [2.45, 2.75) is 26.4 Å². The summed E-state index contributed by atoms with van der Waals surface area (Å²) in [5.74, 6) is 4.95. The molecule has 0 aromatic rings. The van der Waals surface area contributed by atoms with Gasteiger partial charge in [0.25, 0.3) is 0 Å². The second-order valence-corrected chi connectivity index (χ2v) is 3.19. The van der Waals surface area contributed by atoms with Gasteiger partial charge in [-0.1, -0.05) is 0 Å². The number of ether oxygens (including phenoxy) is 1. The molecule has 0 aromatic heterocycles. The van der Waals surface area contributed by atoms with Crippen LogP contribution < -0.4 is 11.6 Å². The lowest BCUT2D eigenvalue weighted by Gasteiger charge is -2.21. The lowest BCUT2D eigenvalue weighted by Crippen LogP contribution is -2.48. The van der Waals surface area contributed by atoms with Crippen molar-refractivity contribution in [3.8, 4) is 0 Å². The van der Waals surface area contributed by atoms with Crippen molar-refractivity contribution >= 4 is 12.1 Å². The minimum absolute atomic E-state index is 0.214. The molecule has 0 fully saturated rings. The summed E-state index contributed by atoms with van der Waals surface area (Å²) in [5.41, 5.74) is 4.03. The number of hydrogen-bond acceptors (Lipinski definition) is 4. The molecule has 3 amide bonds. The molecular formula is C6H13N3O3. The average molecular weight is 175 g/mol. The molecular weight excluding hydrogens is 162 g/mol. The Bertz CT molecular complexity index is 197. The van der Waals surface area contributed by atoms with Crippen molar-refractivity contribution < 1.29 is 14.3 Å². The molecule has 0 saturated heterocycles. The summed E-state index contributed by atoms with van der Waals surface area (Å²) in [6.07, 6.45) is -0.963. The molecule has 0 heterocycles. The molecule has 70 valence electrons. The second-order valence-electron chi connectivity index (χ2n) is 3.19. The SMILES string of the molecule is CC(C)(C)OC(=O)N(N)C(N)=O. The monoisotopic (exact) mass is 175 g/mol. The Morgan fingerprint density at radius 1 is 1.33 bits per heavy atom. The minimum Gasteiger partial charge on any atom is -0.442 e. The first-order chi connectivity index (χ1) is 5.24. The van der Waals surface area contributed by atoms with E-state index in [0.29, 0.717) is 0 Å². The number of carbonyl (C=O) groups is 2. The van der Waals surface area contributed by atoms with Gasteiger partial charge in [0.1, 0.15) is 5.60 Å². The van der Waals surface area contributed by atoms with E-state index in [1.54, 1.807) is 20.8 Å². The van der Waals surface area contributed by atoms with E-state index < -0.39 is 17.7 Å². The highest BCUT2D eigenvalue weighted by atomic mass is 16.6. The second kappa shape index (κ2) is 3.40. The minimum atomic E-state index is -1.05. The zero-order valence-corrected chi connectivity index (χ0v) is 7.33. The standard InChI is InChI=1S/C6H13N3O3/c1-6(2,3)12-5(11)9(8)4(7)10/h8H2,1-3H3,(H2,7,10). The number of primary amides is 1. The molecule has 0 aliphatic rings. The van der Waals surface area contributed by atoms with Gasteiger partial charge in [-0.05, 0) is 20.8 Å². The van der Waals surface area contributed by atoms with E-state index in [2.05, 4.69) is 0 Å². The quantitative estimate of drug-likeness (QED) is 0.311. The van der Waals surface area contributed by atoms with E-state index in [0.717, 1.165) is 0 Å². The van der Waals surface area contributed by atoms with Crippen molar-refractivity contribution in [1.82, 2.24) is 5.01 Å². The van der Waals surface area contributed by atoms with Crippen LogP contribution in [0.5, 0.6) is 0 Å². The number of carbonyl (C=O) groups excluding carboxylic acids is 2. The molecule has 6 heteroatoms. The number of hydrazine groups is 1. The molecule has 0 aromatic carbocycles. The number of urea groups is 1. The van der Waals surface area contributed by atoms with Crippen LogP contribution in [0.15, 0.2) is 0 Å². The largest absolute Gasteiger partial charge is 0.442 e. The van der Waals surface area contributed by atoms with Gasteiger partial charge in [0.15, 0.2) is 0 Å². The molecule has 0 aliphatic carbocycles. The third-order valence-corrected chi connectivity index (χ3v) is 0.828. The van der Waals surface area contributed by atoms with Gasteiger partial charge >= 0.3 is 12.1 Å². The first kappa shape index (κ1) is 10.7. The summed E-state index contributed by atoms with van der Waals surface area (Å²) < 4.78 is 4.72. The fourth-order valence-electron chi connectivity index (χ4n) is 0.401. The molecule has 12 heavy (non-hydrogen) atoms.